The van der Waals surface area contributed by atoms with E-state index in [1.807, 2.05) is 26.8 Å². The summed E-state index contributed by atoms with van der Waals surface area (Å²) in [6.07, 6.45) is 0.564. The van der Waals surface area contributed by atoms with Crippen LogP contribution in [-0.2, 0) is 9.53 Å². The number of aromatic nitrogens is 1. The Labute approximate surface area is 245 Å². The number of rotatable bonds is 11. The average molecular weight is 576 g/mol. The van der Waals surface area contributed by atoms with E-state index in [1.54, 1.807) is 31.3 Å². The molecule has 0 radical (unpaired) electrons. The molecule has 2 atom stereocenters. The second-order valence-corrected chi connectivity index (χ2v) is 9.91. The standard InChI is InChI=1S/C31H37N5O6/c1-7-41-26-15-22(29-28(30(38)40-6)20(4)33-31(39)34-29)10-13-25(26)42-17-27(37)35-32-16-23-14-19(3)36(21(23)5)24-11-8-18(2)9-12-24/h8-16,27,29,35,37H,7,17H2,1-6H3,(H2,33,34,39)/b32-16+/t27-,29+/m0/s1. The van der Waals surface area contributed by atoms with E-state index in [4.69, 9.17) is 14.2 Å². The molecule has 0 spiro atoms. The van der Waals surface area contributed by atoms with Crippen molar-refractivity contribution in [2.75, 3.05) is 20.3 Å². The SMILES string of the molecule is CCOc1cc([C@H]2NC(=O)NC(C)=C2C(=O)OC)ccc1OC[C@H](O)N/N=C/c1cc(C)n(-c2ccc(C)cc2)c1C. The van der Waals surface area contributed by atoms with E-state index in [0.717, 1.165) is 22.6 Å². The Hall–Kier alpha value is -4.77. The van der Waals surface area contributed by atoms with Gasteiger partial charge in [0.2, 0.25) is 0 Å². The molecule has 0 bridgehead atoms. The van der Waals surface area contributed by atoms with E-state index in [0.29, 0.717) is 29.4 Å². The molecule has 0 aliphatic carbocycles. The molecular formula is C31H37N5O6. The van der Waals surface area contributed by atoms with Gasteiger partial charge in [-0.15, -0.1) is 0 Å². The van der Waals surface area contributed by atoms with E-state index in [1.165, 1.54) is 12.7 Å². The number of aliphatic hydroxyl groups excluding tert-OH is 1. The molecule has 42 heavy (non-hydrogen) atoms. The van der Waals surface area contributed by atoms with Gasteiger partial charge in [0.1, 0.15) is 6.61 Å². The van der Waals surface area contributed by atoms with Crippen molar-refractivity contribution >= 4 is 18.2 Å². The first-order chi connectivity index (χ1) is 20.1. The summed E-state index contributed by atoms with van der Waals surface area (Å²) >= 11 is 0. The Bertz CT molecular complexity index is 1510. The van der Waals surface area contributed by atoms with Gasteiger partial charge < -0.3 is 34.5 Å². The zero-order valence-corrected chi connectivity index (χ0v) is 24.6. The number of urea groups is 1. The zero-order valence-electron chi connectivity index (χ0n) is 24.6. The molecule has 3 aromatic rings. The van der Waals surface area contributed by atoms with Crippen molar-refractivity contribution in [2.24, 2.45) is 5.10 Å². The summed E-state index contributed by atoms with van der Waals surface area (Å²) in [5.41, 5.74) is 9.27. The van der Waals surface area contributed by atoms with Crippen molar-refractivity contribution in [3.8, 4) is 17.2 Å². The van der Waals surface area contributed by atoms with Crippen LogP contribution in [0.25, 0.3) is 5.69 Å². The van der Waals surface area contributed by atoms with Crippen LogP contribution in [0.3, 0.4) is 0 Å². The molecule has 0 fully saturated rings. The molecule has 0 saturated carbocycles. The van der Waals surface area contributed by atoms with Gasteiger partial charge in [-0.05, 0) is 70.5 Å². The van der Waals surface area contributed by atoms with E-state index in [-0.39, 0.29) is 12.2 Å². The van der Waals surface area contributed by atoms with Gasteiger partial charge >= 0.3 is 12.0 Å². The number of hydrazone groups is 1. The molecule has 2 heterocycles. The highest BCUT2D eigenvalue weighted by molar-refractivity contribution is 5.95. The summed E-state index contributed by atoms with van der Waals surface area (Å²) in [5, 5.41) is 20.0. The molecule has 222 valence electrons. The minimum atomic E-state index is -1.10. The lowest BCUT2D eigenvalue weighted by Crippen LogP contribution is -2.45. The number of aryl methyl sites for hydroxylation is 2. The summed E-state index contributed by atoms with van der Waals surface area (Å²) in [6, 6.07) is 14.2. The lowest BCUT2D eigenvalue weighted by Gasteiger charge is -2.28. The van der Waals surface area contributed by atoms with Gasteiger partial charge in [0.05, 0.1) is 31.5 Å². The highest BCUT2D eigenvalue weighted by atomic mass is 16.5. The fraction of sp³-hybridized carbons (Fsp3) is 0.323. The highest BCUT2D eigenvalue weighted by Crippen LogP contribution is 2.35. The molecule has 2 amide bonds. The number of carbonyl (C=O) groups excluding carboxylic acids is 2. The van der Waals surface area contributed by atoms with Crippen LogP contribution in [0.15, 0.2) is 64.9 Å². The number of benzene rings is 2. The molecule has 0 unspecified atom stereocenters. The number of carbonyl (C=O) groups is 2. The molecule has 1 aromatic heterocycles. The average Bonchev–Trinajstić information content (AvgIpc) is 3.24. The van der Waals surface area contributed by atoms with Crippen molar-refractivity contribution < 1.29 is 28.9 Å². The monoisotopic (exact) mass is 575 g/mol. The molecule has 0 saturated heterocycles. The fourth-order valence-electron chi connectivity index (χ4n) is 4.82. The molecule has 11 nitrogen and oxygen atoms in total. The van der Waals surface area contributed by atoms with Crippen LogP contribution < -0.4 is 25.5 Å². The molecule has 4 N–H and O–H groups in total. The lowest BCUT2D eigenvalue weighted by molar-refractivity contribution is -0.136. The Kier molecular flexibility index (Phi) is 9.53. The number of amides is 2. The third-order valence-electron chi connectivity index (χ3n) is 6.86. The minimum absolute atomic E-state index is 0.115. The van der Waals surface area contributed by atoms with Gasteiger partial charge in [0.25, 0.3) is 0 Å². The van der Waals surface area contributed by atoms with Gasteiger partial charge in [0.15, 0.2) is 17.7 Å². The maximum absolute atomic E-state index is 12.4. The Morgan fingerprint density at radius 3 is 2.52 bits per heavy atom. The molecular weight excluding hydrogens is 538 g/mol. The van der Waals surface area contributed by atoms with Gasteiger partial charge in [-0.2, -0.15) is 5.10 Å². The van der Waals surface area contributed by atoms with Gasteiger partial charge in [0, 0.05) is 28.3 Å². The third kappa shape index (κ3) is 6.74. The van der Waals surface area contributed by atoms with Crippen LogP contribution in [0.4, 0.5) is 4.79 Å². The second kappa shape index (κ2) is 13.3. The molecule has 1 aliphatic rings. The Morgan fingerprint density at radius 1 is 1.10 bits per heavy atom. The van der Waals surface area contributed by atoms with Crippen LogP contribution in [0, 0.1) is 20.8 Å². The van der Waals surface area contributed by atoms with Crippen molar-refractivity contribution in [3.63, 3.8) is 0 Å². The predicted octanol–water partition coefficient (Wildman–Crippen LogP) is 3.92. The van der Waals surface area contributed by atoms with Crippen molar-refractivity contribution in [1.29, 1.82) is 0 Å². The van der Waals surface area contributed by atoms with Gasteiger partial charge in [-0.1, -0.05) is 23.8 Å². The maximum atomic E-state index is 12.4. The summed E-state index contributed by atoms with van der Waals surface area (Å²) in [5.74, 6) is 0.214. The molecule has 1 aliphatic heterocycles. The van der Waals surface area contributed by atoms with E-state index >= 15 is 0 Å². The molecule has 4 rings (SSSR count). The van der Waals surface area contributed by atoms with E-state index in [2.05, 4.69) is 56.9 Å². The van der Waals surface area contributed by atoms with Gasteiger partial charge in [-0.25, -0.2) is 9.59 Å². The van der Waals surface area contributed by atoms with Gasteiger partial charge in [-0.3, -0.25) is 5.43 Å². The lowest BCUT2D eigenvalue weighted by atomic mass is 9.95. The van der Waals surface area contributed by atoms with Crippen LogP contribution in [-0.4, -0.2) is 54.4 Å². The summed E-state index contributed by atoms with van der Waals surface area (Å²) in [4.78, 5) is 24.6. The largest absolute Gasteiger partial charge is 0.490 e. The number of nitrogens with zero attached hydrogens (tertiary/aromatic N) is 2. The quantitative estimate of drug-likeness (QED) is 0.118. The summed E-state index contributed by atoms with van der Waals surface area (Å²) < 4.78 is 18.7. The second-order valence-electron chi connectivity index (χ2n) is 9.91. The molecule has 2 aromatic carbocycles. The Morgan fingerprint density at radius 2 is 1.83 bits per heavy atom. The molecule has 11 heteroatoms. The zero-order chi connectivity index (χ0) is 30.4. The summed E-state index contributed by atoms with van der Waals surface area (Å²) in [6.45, 7) is 9.81. The third-order valence-corrected chi connectivity index (χ3v) is 6.86. The number of nitrogens with one attached hydrogen (secondary N) is 3. The number of esters is 1. The normalized spacial score (nSPS) is 15.7. The van der Waals surface area contributed by atoms with Crippen molar-refractivity contribution in [3.05, 3.63) is 87.9 Å². The smallest absolute Gasteiger partial charge is 0.337 e. The van der Waals surface area contributed by atoms with Crippen LogP contribution in [0.2, 0.25) is 0 Å². The Balaban J connectivity index is 1.43. The number of aliphatic hydroxyl groups is 1. The topological polar surface area (TPSA) is 135 Å². The fourth-order valence-corrected chi connectivity index (χ4v) is 4.82. The number of ether oxygens (including phenoxy) is 3. The number of allylic oxidation sites excluding steroid dienone is 1. The number of methoxy groups -OCH3 is 1. The highest BCUT2D eigenvalue weighted by Gasteiger charge is 2.32. The van der Waals surface area contributed by atoms with Crippen molar-refractivity contribution in [1.82, 2.24) is 20.6 Å². The first-order valence-electron chi connectivity index (χ1n) is 13.6. The van der Waals surface area contributed by atoms with Crippen molar-refractivity contribution in [2.45, 2.75) is 46.9 Å². The first kappa shape index (κ1) is 30.2. The maximum Gasteiger partial charge on any atom is 0.337 e. The summed E-state index contributed by atoms with van der Waals surface area (Å²) in [7, 11) is 1.28. The van der Waals surface area contributed by atoms with E-state index in [9.17, 15) is 14.7 Å². The van der Waals surface area contributed by atoms with Crippen LogP contribution in [0.1, 0.15) is 48.0 Å². The van der Waals surface area contributed by atoms with Crippen LogP contribution >= 0.6 is 0 Å². The van der Waals surface area contributed by atoms with E-state index < -0.39 is 24.3 Å². The predicted molar refractivity (Wildman–Crippen MR) is 159 cm³/mol. The number of hydrogen-bond donors (Lipinski definition) is 4. The number of hydrogen-bond acceptors (Lipinski definition) is 8. The minimum Gasteiger partial charge on any atom is -0.490 e. The van der Waals surface area contributed by atoms with Crippen LogP contribution in [0.5, 0.6) is 11.5 Å². The first-order valence-corrected chi connectivity index (χ1v) is 13.6.